The highest BCUT2D eigenvalue weighted by Crippen LogP contribution is 2.30. The molecule has 0 aliphatic heterocycles. The SMILES string of the molecule is CCCCN(c1cccc(C(N)=NO)n1)C1CC1. The Hall–Kier alpha value is -1.78. The van der Waals surface area contributed by atoms with Gasteiger partial charge in [-0.05, 0) is 31.4 Å². The number of hydrogen-bond acceptors (Lipinski definition) is 4. The number of nitrogens with zero attached hydrogens (tertiary/aromatic N) is 3. The first-order chi connectivity index (χ1) is 8.76. The molecule has 0 amide bonds. The van der Waals surface area contributed by atoms with Crippen LogP contribution in [0.3, 0.4) is 0 Å². The fourth-order valence-corrected chi connectivity index (χ4v) is 1.98. The molecule has 0 unspecified atom stereocenters. The molecule has 1 aromatic rings. The van der Waals surface area contributed by atoms with Crippen molar-refractivity contribution in [3.8, 4) is 0 Å². The molecule has 2 rings (SSSR count). The third-order valence-electron chi connectivity index (χ3n) is 3.14. The van der Waals surface area contributed by atoms with E-state index in [1.165, 1.54) is 19.3 Å². The summed E-state index contributed by atoms with van der Waals surface area (Å²) < 4.78 is 0. The van der Waals surface area contributed by atoms with Crippen LogP contribution in [-0.4, -0.2) is 28.6 Å². The molecular formula is C13H20N4O. The molecule has 5 heteroatoms. The third kappa shape index (κ3) is 2.91. The van der Waals surface area contributed by atoms with E-state index in [9.17, 15) is 0 Å². The van der Waals surface area contributed by atoms with Gasteiger partial charge in [-0.3, -0.25) is 0 Å². The van der Waals surface area contributed by atoms with Gasteiger partial charge in [-0.15, -0.1) is 0 Å². The van der Waals surface area contributed by atoms with Crippen molar-refractivity contribution in [2.45, 2.75) is 38.6 Å². The number of pyridine rings is 1. The zero-order valence-corrected chi connectivity index (χ0v) is 10.7. The number of hydrogen-bond donors (Lipinski definition) is 2. The van der Waals surface area contributed by atoms with Crippen LogP contribution >= 0.6 is 0 Å². The molecule has 0 spiro atoms. The summed E-state index contributed by atoms with van der Waals surface area (Å²) in [5, 5.41) is 11.7. The van der Waals surface area contributed by atoms with Gasteiger partial charge in [-0.1, -0.05) is 24.6 Å². The molecule has 1 aliphatic carbocycles. The van der Waals surface area contributed by atoms with E-state index in [1.54, 1.807) is 6.07 Å². The van der Waals surface area contributed by atoms with Crippen molar-refractivity contribution >= 4 is 11.7 Å². The Labute approximate surface area is 107 Å². The molecule has 1 fully saturated rings. The van der Waals surface area contributed by atoms with Gasteiger partial charge in [0.1, 0.15) is 11.5 Å². The smallest absolute Gasteiger partial charge is 0.188 e. The Kier molecular flexibility index (Phi) is 4.02. The van der Waals surface area contributed by atoms with Crippen molar-refractivity contribution in [3.05, 3.63) is 23.9 Å². The van der Waals surface area contributed by atoms with Crippen molar-refractivity contribution in [3.63, 3.8) is 0 Å². The van der Waals surface area contributed by atoms with Crippen LogP contribution in [0.15, 0.2) is 23.4 Å². The van der Waals surface area contributed by atoms with E-state index in [1.807, 2.05) is 12.1 Å². The summed E-state index contributed by atoms with van der Waals surface area (Å²) in [6.45, 7) is 3.21. The Morgan fingerprint density at radius 2 is 2.33 bits per heavy atom. The molecule has 0 aromatic carbocycles. The minimum Gasteiger partial charge on any atom is -0.409 e. The fourth-order valence-electron chi connectivity index (χ4n) is 1.98. The lowest BCUT2D eigenvalue weighted by Gasteiger charge is -2.23. The summed E-state index contributed by atoms with van der Waals surface area (Å²) in [5.74, 6) is 0.984. The maximum absolute atomic E-state index is 8.69. The fraction of sp³-hybridized carbons (Fsp3) is 0.538. The Bertz CT molecular complexity index is 429. The molecule has 0 radical (unpaired) electrons. The summed E-state index contributed by atoms with van der Waals surface area (Å²) in [4.78, 5) is 6.80. The number of aromatic nitrogens is 1. The Morgan fingerprint density at radius 3 is 2.94 bits per heavy atom. The largest absolute Gasteiger partial charge is 0.409 e. The molecular weight excluding hydrogens is 228 g/mol. The van der Waals surface area contributed by atoms with Crippen LogP contribution in [0.5, 0.6) is 0 Å². The van der Waals surface area contributed by atoms with E-state index in [2.05, 4.69) is 22.0 Å². The molecule has 3 N–H and O–H groups in total. The zero-order chi connectivity index (χ0) is 13.0. The van der Waals surface area contributed by atoms with Gasteiger partial charge in [0.25, 0.3) is 0 Å². The van der Waals surface area contributed by atoms with E-state index in [0.29, 0.717) is 11.7 Å². The van der Waals surface area contributed by atoms with Crippen LogP contribution in [0.4, 0.5) is 5.82 Å². The van der Waals surface area contributed by atoms with E-state index < -0.39 is 0 Å². The van der Waals surface area contributed by atoms with Crippen molar-refractivity contribution in [2.24, 2.45) is 10.9 Å². The molecule has 0 saturated heterocycles. The number of nitrogens with two attached hydrogens (primary N) is 1. The third-order valence-corrected chi connectivity index (χ3v) is 3.14. The molecule has 1 aromatic heterocycles. The minimum absolute atomic E-state index is 0.0584. The minimum atomic E-state index is 0.0584. The quantitative estimate of drug-likeness (QED) is 0.349. The second-order valence-electron chi connectivity index (χ2n) is 4.64. The first kappa shape index (κ1) is 12.7. The lowest BCUT2D eigenvalue weighted by Crippen LogP contribution is -2.28. The van der Waals surface area contributed by atoms with Gasteiger partial charge in [0, 0.05) is 12.6 Å². The Morgan fingerprint density at radius 1 is 1.56 bits per heavy atom. The van der Waals surface area contributed by atoms with Crippen molar-refractivity contribution in [2.75, 3.05) is 11.4 Å². The van der Waals surface area contributed by atoms with Crippen LogP contribution in [-0.2, 0) is 0 Å². The maximum atomic E-state index is 8.69. The predicted molar refractivity (Wildman–Crippen MR) is 72.0 cm³/mol. The molecule has 1 heterocycles. The van der Waals surface area contributed by atoms with Crippen molar-refractivity contribution in [1.82, 2.24) is 4.98 Å². The number of anilines is 1. The van der Waals surface area contributed by atoms with Crippen LogP contribution < -0.4 is 10.6 Å². The average molecular weight is 248 g/mol. The van der Waals surface area contributed by atoms with Gasteiger partial charge < -0.3 is 15.8 Å². The number of oxime groups is 1. The van der Waals surface area contributed by atoms with Gasteiger partial charge in [-0.25, -0.2) is 4.98 Å². The molecule has 5 nitrogen and oxygen atoms in total. The van der Waals surface area contributed by atoms with Gasteiger partial charge in [0.2, 0.25) is 0 Å². The second kappa shape index (κ2) is 5.71. The lowest BCUT2D eigenvalue weighted by atomic mass is 10.2. The van der Waals surface area contributed by atoms with Crippen LogP contribution in [0.25, 0.3) is 0 Å². The van der Waals surface area contributed by atoms with Crippen LogP contribution in [0, 0.1) is 0 Å². The normalized spacial score (nSPS) is 15.7. The first-order valence-electron chi connectivity index (χ1n) is 6.48. The second-order valence-corrected chi connectivity index (χ2v) is 4.64. The van der Waals surface area contributed by atoms with E-state index in [-0.39, 0.29) is 5.84 Å². The molecule has 1 aliphatic rings. The number of amidine groups is 1. The molecule has 18 heavy (non-hydrogen) atoms. The zero-order valence-electron chi connectivity index (χ0n) is 10.7. The molecule has 98 valence electrons. The predicted octanol–water partition coefficient (Wildman–Crippen LogP) is 1.94. The van der Waals surface area contributed by atoms with Gasteiger partial charge in [-0.2, -0.15) is 0 Å². The van der Waals surface area contributed by atoms with Crippen molar-refractivity contribution in [1.29, 1.82) is 0 Å². The molecule has 0 bridgehead atoms. The standard InChI is InChI=1S/C13H20N4O/c1-2-3-9-17(10-7-8-10)12-6-4-5-11(15-12)13(14)16-18/h4-6,10,18H,2-3,7-9H2,1H3,(H2,14,16). The number of unbranched alkanes of at least 4 members (excludes halogenated alkanes) is 1. The summed E-state index contributed by atoms with van der Waals surface area (Å²) in [7, 11) is 0. The highest BCUT2D eigenvalue weighted by molar-refractivity contribution is 5.95. The van der Waals surface area contributed by atoms with E-state index in [0.717, 1.165) is 18.8 Å². The lowest BCUT2D eigenvalue weighted by molar-refractivity contribution is 0.318. The summed E-state index contributed by atoms with van der Waals surface area (Å²) in [6, 6.07) is 6.26. The van der Waals surface area contributed by atoms with Crippen LogP contribution in [0.2, 0.25) is 0 Å². The summed E-state index contributed by atoms with van der Waals surface area (Å²) in [6.07, 6.45) is 4.80. The van der Waals surface area contributed by atoms with E-state index >= 15 is 0 Å². The highest BCUT2D eigenvalue weighted by Gasteiger charge is 2.29. The van der Waals surface area contributed by atoms with Gasteiger partial charge in [0.15, 0.2) is 5.84 Å². The Balaban J connectivity index is 2.19. The monoisotopic (exact) mass is 248 g/mol. The van der Waals surface area contributed by atoms with Gasteiger partial charge >= 0.3 is 0 Å². The summed E-state index contributed by atoms with van der Waals surface area (Å²) >= 11 is 0. The highest BCUT2D eigenvalue weighted by atomic mass is 16.4. The van der Waals surface area contributed by atoms with Crippen molar-refractivity contribution < 1.29 is 5.21 Å². The molecule has 1 saturated carbocycles. The molecule has 0 atom stereocenters. The number of rotatable bonds is 6. The first-order valence-corrected chi connectivity index (χ1v) is 6.48. The van der Waals surface area contributed by atoms with Gasteiger partial charge in [0.05, 0.1) is 0 Å². The topological polar surface area (TPSA) is 74.7 Å². The average Bonchev–Trinajstić information content (AvgIpc) is 3.23. The van der Waals surface area contributed by atoms with Crippen LogP contribution in [0.1, 0.15) is 38.3 Å². The maximum Gasteiger partial charge on any atom is 0.188 e. The summed E-state index contributed by atoms with van der Waals surface area (Å²) in [5.41, 5.74) is 6.10. The van der Waals surface area contributed by atoms with E-state index in [4.69, 9.17) is 10.9 Å².